The Balaban J connectivity index is 2.23. The topological polar surface area (TPSA) is 602 Å². The van der Waals surface area contributed by atoms with E-state index in [4.69, 9.17) is 17.2 Å². The average Bonchev–Trinajstić information content (AvgIpc) is 1.33. The van der Waals surface area contributed by atoms with E-state index in [1.165, 1.54) is 104 Å². The molecule has 0 saturated heterocycles. The summed E-state index contributed by atoms with van der Waals surface area (Å²) in [5.74, 6) is -16.0. The molecule has 9 atom stereocenters. The number of para-hydroxylation sites is 1. The van der Waals surface area contributed by atoms with E-state index in [-0.39, 0.29) is 49.9 Å². The van der Waals surface area contributed by atoms with Gasteiger partial charge in [0.25, 0.3) is 0 Å². The predicted molar refractivity (Wildman–Crippen MR) is 420 cm³/mol. The molecule has 18 amide bonds. The summed E-state index contributed by atoms with van der Waals surface area (Å²) in [5, 5.41) is 49.0. The number of carbonyl (C=O) groups excluding carboxylic acids is 18. The third kappa shape index (κ3) is 32.7. The second kappa shape index (κ2) is 42.9. The van der Waals surface area contributed by atoms with Gasteiger partial charge in [-0.3, -0.25) is 86.3 Å². The van der Waals surface area contributed by atoms with Crippen LogP contribution in [0.1, 0.15) is 209 Å². The highest BCUT2D eigenvalue weighted by Crippen LogP contribution is 2.21. The summed E-state index contributed by atoms with van der Waals surface area (Å²) in [6, 6.07) is -4.42. The van der Waals surface area contributed by atoms with Crippen molar-refractivity contribution in [1.29, 1.82) is 0 Å². The van der Waals surface area contributed by atoms with Crippen molar-refractivity contribution in [3.05, 3.63) is 36.0 Å². The SMILES string of the molecule is CC(=O)N[C@@H](Cc1c[nH]c2ccccc12)C(=O)N[C@@H](C)C(=O)NC(C)(C)C(=O)NC(C)(C)C(=O)N[C@@H](CC(C)C)C(=O)NC(C)(C)C(=O)N[C@H](CCC(N)=O)C(=O)N[C@H](C)C(=O)NC(C)(C)C(=O)NC(C)(C)C(=O)N[C@H](CCC(N)=O)C(=O)N[C@H](CC(C)C)C(=O)NC(C)(C)C(=O)N[C@H](CCC(N)=O)C(=O)N[C@@H](CO)CC(C)C. The number of rotatable bonds is 47. The number of hydrogen-bond acceptors (Lipinski definition) is 19. The van der Waals surface area contributed by atoms with Crippen LogP contribution in [0.4, 0.5) is 0 Å². The minimum atomic E-state index is -1.93. The van der Waals surface area contributed by atoms with Crippen LogP contribution < -0.4 is 97.0 Å². The maximum absolute atomic E-state index is 14.2. The molecule has 0 radical (unpaired) electrons. The molecule has 2 rings (SSSR count). The monoisotopic (exact) mass is 1610 g/mol. The molecule has 0 aliphatic heterocycles. The fourth-order valence-corrected chi connectivity index (χ4v) is 11.3. The molecule has 0 fully saturated rings. The van der Waals surface area contributed by atoms with Crippen LogP contribution in [0, 0.1) is 17.8 Å². The second-order valence-corrected chi connectivity index (χ2v) is 33.3. The Labute approximate surface area is 665 Å². The smallest absolute Gasteiger partial charge is 0.246 e. The van der Waals surface area contributed by atoms with Crippen LogP contribution in [-0.4, -0.2) is 211 Å². The average molecular weight is 1610 g/mol. The van der Waals surface area contributed by atoms with Gasteiger partial charge in [0.2, 0.25) is 106 Å². The third-order valence-electron chi connectivity index (χ3n) is 18.2. The van der Waals surface area contributed by atoms with E-state index in [1.807, 2.05) is 38.1 Å². The van der Waals surface area contributed by atoms with Crippen molar-refractivity contribution in [2.75, 3.05) is 6.61 Å². The Hall–Kier alpha value is -10.8. The van der Waals surface area contributed by atoms with Gasteiger partial charge in [0.1, 0.15) is 81.6 Å². The van der Waals surface area contributed by atoms with Crippen molar-refractivity contribution in [3.8, 4) is 0 Å². The quantitative estimate of drug-likeness (QED) is 0.0324. The van der Waals surface area contributed by atoms with Crippen molar-refractivity contribution in [2.45, 2.75) is 297 Å². The molecule has 1 aromatic heterocycles. The first-order valence-electron chi connectivity index (χ1n) is 37.9. The van der Waals surface area contributed by atoms with E-state index in [0.717, 1.165) is 16.5 Å². The zero-order chi connectivity index (χ0) is 87.7. The van der Waals surface area contributed by atoms with E-state index < -0.39 is 226 Å². The lowest BCUT2D eigenvalue weighted by Gasteiger charge is -2.34. The molecule has 0 aliphatic carbocycles. The van der Waals surface area contributed by atoms with Crippen molar-refractivity contribution < 1.29 is 91.4 Å². The highest BCUT2D eigenvalue weighted by Gasteiger charge is 2.44. The molecule has 38 nitrogen and oxygen atoms in total. The molecule has 2 aromatic rings. The van der Waals surface area contributed by atoms with E-state index >= 15 is 0 Å². The lowest BCUT2D eigenvalue weighted by atomic mass is 9.96. The maximum Gasteiger partial charge on any atom is 0.246 e. The van der Waals surface area contributed by atoms with Crippen molar-refractivity contribution in [2.24, 2.45) is 35.0 Å². The van der Waals surface area contributed by atoms with Crippen molar-refractivity contribution in [3.63, 3.8) is 0 Å². The molecule has 0 unspecified atom stereocenters. The molecule has 0 aliphatic rings. The Bertz CT molecular complexity index is 3840. The van der Waals surface area contributed by atoms with Crippen LogP contribution in [0.2, 0.25) is 0 Å². The van der Waals surface area contributed by atoms with Crippen LogP contribution in [0.3, 0.4) is 0 Å². The van der Waals surface area contributed by atoms with Crippen LogP contribution in [-0.2, 0) is 92.7 Å². The Morgan fingerprint density at radius 3 is 1.02 bits per heavy atom. The highest BCUT2D eigenvalue weighted by atomic mass is 16.3. The number of H-pyrrole nitrogens is 1. The lowest BCUT2D eigenvalue weighted by Crippen LogP contribution is -2.66. The molecule has 0 bridgehead atoms. The third-order valence-corrected chi connectivity index (χ3v) is 18.2. The standard InChI is InChI=1S/C76H125N19O19/c1-38(2)32-45(37-96)84-60(104)49(27-30-55(78)99)87-66(110)71(10,11)92-63(107)51(33-39(3)4)85-61(105)50(28-31-56(79)100)88-67(111)73(14,15)94-69(113)75(18,19)90-57(101)41(7)81-59(103)48(26-29-54(77)98)86-65(109)72(12,13)93-64(108)52(34-40(5)6)89-68(112)74(16,17)95-70(114)76(20,21)91-58(102)42(8)82-62(106)53(83-43(9)97)35-44-36-80-47-25-23-22-24-46(44)47/h22-25,36,38-42,45,48-53,80,96H,26-35,37H2,1-21H3,(H2,77,98)(H2,78,99)(H2,79,100)(H,81,103)(H,82,106)(H,83,97)(H,84,104)(H,85,105)(H,86,109)(H,87,110)(H,88,111)(H,89,112)(H,90,101)(H,91,102)(H,92,107)(H,93,108)(H,94,113)(H,95,114)/t41-,42+,45-,48-,49-,50-,51-,52+,53+/m1/s1. The summed E-state index contributed by atoms with van der Waals surface area (Å²) in [5.41, 5.74) is 6.79. The van der Waals surface area contributed by atoms with Gasteiger partial charge < -0.3 is 107 Å². The van der Waals surface area contributed by atoms with E-state index in [9.17, 15) is 91.4 Å². The first-order valence-corrected chi connectivity index (χ1v) is 37.9. The van der Waals surface area contributed by atoms with Crippen LogP contribution in [0.15, 0.2) is 30.5 Å². The molecule has 23 N–H and O–H groups in total. The molecule has 38 heteroatoms. The van der Waals surface area contributed by atoms with Gasteiger partial charge in [0, 0.05) is 49.7 Å². The molecular weight excluding hydrogens is 1480 g/mol. The van der Waals surface area contributed by atoms with Crippen LogP contribution in [0.25, 0.3) is 10.9 Å². The number of aromatic nitrogens is 1. The van der Waals surface area contributed by atoms with Gasteiger partial charge in [0.05, 0.1) is 12.6 Å². The van der Waals surface area contributed by atoms with E-state index in [0.29, 0.717) is 6.42 Å². The number of aliphatic hydroxyl groups is 1. The summed E-state index contributed by atoms with van der Waals surface area (Å²) in [6.07, 6.45) is -0.172. The van der Waals surface area contributed by atoms with Gasteiger partial charge in [-0.15, -0.1) is 0 Å². The summed E-state index contributed by atoms with van der Waals surface area (Å²) in [6.45, 7) is 29.7. The zero-order valence-electron chi connectivity index (χ0n) is 69.6. The number of amides is 18. The number of benzene rings is 1. The number of aromatic amines is 1. The number of carbonyl (C=O) groups is 18. The summed E-state index contributed by atoms with van der Waals surface area (Å²) >= 11 is 0. The maximum atomic E-state index is 14.2. The molecule has 0 spiro atoms. The molecular formula is C76H125N19O19. The predicted octanol–water partition coefficient (Wildman–Crippen LogP) is -2.57. The Morgan fingerprint density at radius 1 is 0.360 bits per heavy atom. The molecule has 638 valence electrons. The van der Waals surface area contributed by atoms with E-state index in [1.54, 1.807) is 33.9 Å². The Morgan fingerprint density at radius 2 is 0.667 bits per heavy atom. The summed E-state index contributed by atoms with van der Waals surface area (Å²) in [4.78, 5) is 246. The largest absolute Gasteiger partial charge is 0.394 e. The number of primary amides is 3. The van der Waals surface area contributed by atoms with Crippen LogP contribution in [0.5, 0.6) is 0 Å². The molecule has 1 aromatic carbocycles. The van der Waals surface area contributed by atoms with Gasteiger partial charge in [-0.1, -0.05) is 59.7 Å². The minimum Gasteiger partial charge on any atom is -0.394 e. The lowest BCUT2D eigenvalue weighted by molar-refractivity contribution is -0.140. The van der Waals surface area contributed by atoms with E-state index in [2.05, 4.69) is 84.7 Å². The number of hydrogen-bond donors (Lipinski definition) is 20. The fraction of sp³-hybridized carbons (Fsp3) is 0.658. The van der Waals surface area contributed by atoms with Gasteiger partial charge in [-0.2, -0.15) is 0 Å². The van der Waals surface area contributed by atoms with Gasteiger partial charge in [-0.05, 0) is 165 Å². The fourth-order valence-electron chi connectivity index (χ4n) is 11.3. The highest BCUT2D eigenvalue weighted by molar-refractivity contribution is 6.03. The summed E-state index contributed by atoms with van der Waals surface area (Å²) in [7, 11) is 0. The van der Waals surface area contributed by atoms with Crippen molar-refractivity contribution >= 4 is 117 Å². The minimum absolute atomic E-state index is 0.00766. The van der Waals surface area contributed by atoms with Gasteiger partial charge in [-0.25, -0.2) is 0 Å². The normalized spacial score (nSPS) is 14.4. The molecule has 0 saturated carbocycles. The number of fused-ring (bicyclic) bond motifs is 1. The molecule has 114 heavy (non-hydrogen) atoms. The van der Waals surface area contributed by atoms with Crippen LogP contribution >= 0.6 is 0 Å². The van der Waals surface area contributed by atoms with Gasteiger partial charge >= 0.3 is 0 Å². The Kier molecular flexibility index (Phi) is 37.3. The number of nitrogens with one attached hydrogen (secondary N) is 16. The first kappa shape index (κ1) is 99.3. The zero-order valence-corrected chi connectivity index (χ0v) is 69.6. The molecule has 1 heterocycles. The number of aliphatic hydroxyl groups excluding tert-OH is 1. The first-order chi connectivity index (χ1) is 52.3. The van der Waals surface area contributed by atoms with Crippen molar-refractivity contribution in [1.82, 2.24) is 84.7 Å². The summed E-state index contributed by atoms with van der Waals surface area (Å²) < 4.78 is 0. The number of nitrogens with two attached hydrogens (primary N) is 3. The second-order valence-electron chi connectivity index (χ2n) is 33.3. The van der Waals surface area contributed by atoms with Gasteiger partial charge in [0.15, 0.2) is 0 Å².